The normalized spacial score (nSPS) is 17.5. The summed E-state index contributed by atoms with van der Waals surface area (Å²) in [6.07, 6.45) is 4.42. The molecular weight excluding hydrogens is 503 g/mol. The standard InChI is InChI=1S/C31H28ClFN2OS/c1-20-9-11-21(12-10-20)18-35(31(36)30-29(32)26-7-2-3-8-28(26)37-30)19-25-16-24(13-14-27(25)33)23-6-4-5-22(15-23)17-34/h2-8,13-16,20-21H,9-12,18-19H2,1H3. The number of amides is 1. The van der Waals surface area contributed by atoms with E-state index in [1.54, 1.807) is 29.2 Å². The zero-order valence-corrected chi connectivity index (χ0v) is 22.3. The molecule has 1 aromatic heterocycles. The fourth-order valence-electron chi connectivity index (χ4n) is 5.19. The van der Waals surface area contributed by atoms with Crippen molar-refractivity contribution in [3.8, 4) is 17.2 Å². The summed E-state index contributed by atoms with van der Waals surface area (Å²) in [5.74, 6) is 0.585. The van der Waals surface area contributed by atoms with Gasteiger partial charge in [0.25, 0.3) is 5.91 Å². The van der Waals surface area contributed by atoms with Gasteiger partial charge < -0.3 is 4.90 Å². The van der Waals surface area contributed by atoms with E-state index in [0.29, 0.717) is 39.4 Å². The number of halogens is 2. The Morgan fingerprint density at radius 1 is 1.05 bits per heavy atom. The lowest BCUT2D eigenvalue weighted by molar-refractivity contribution is 0.0695. The maximum absolute atomic E-state index is 15.1. The molecule has 1 heterocycles. The molecule has 1 fully saturated rings. The van der Waals surface area contributed by atoms with Crippen molar-refractivity contribution in [2.75, 3.05) is 6.54 Å². The molecule has 1 aliphatic rings. The summed E-state index contributed by atoms with van der Waals surface area (Å²) in [7, 11) is 0. The van der Waals surface area contributed by atoms with Crippen LogP contribution in [0.5, 0.6) is 0 Å². The first-order chi connectivity index (χ1) is 17.9. The average Bonchev–Trinajstić information content (AvgIpc) is 3.26. The van der Waals surface area contributed by atoms with E-state index in [1.165, 1.54) is 17.4 Å². The first-order valence-corrected chi connectivity index (χ1v) is 13.9. The third-order valence-electron chi connectivity index (χ3n) is 7.36. The van der Waals surface area contributed by atoms with Crippen LogP contribution in [-0.2, 0) is 6.54 Å². The molecular formula is C31H28ClFN2OS. The Kier molecular flexibility index (Phi) is 7.60. The Bertz CT molecular complexity index is 1480. The Morgan fingerprint density at radius 3 is 2.57 bits per heavy atom. The molecule has 0 spiro atoms. The van der Waals surface area contributed by atoms with Gasteiger partial charge in [-0.05, 0) is 66.1 Å². The highest BCUT2D eigenvalue weighted by Gasteiger charge is 2.28. The number of nitrogens with zero attached hydrogens (tertiary/aromatic N) is 2. The van der Waals surface area contributed by atoms with E-state index in [-0.39, 0.29) is 18.3 Å². The van der Waals surface area contributed by atoms with E-state index in [1.807, 2.05) is 36.4 Å². The smallest absolute Gasteiger partial charge is 0.265 e. The van der Waals surface area contributed by atoms with Gasteiger partial charge in [-0.1, -0.05) is 67.8 Å². The van der Waals surface area contributed by atoms with Crippen LogP contribution in [0.15, 0.2) is 66.7 Å². The zero-order chi connectivity index (χ0) is 25.9. The summed E-state index contributed by atoms with van der Waals surface area (Å²) in [4.78, 5) is 16.2. The quantitative estimate of drug-likeness (QED) is 0.250. The molecule has 1 amide bonds. The van der Waals surface area contributed by atoms with Gasteiger partial charge in [-0.3, -0.25) is 4.79 Å². The van der Waals surface area contributed by atoms with Crippen LogP contribution >= 0.6 is 22.9 Å². The molecule has 3 nitrogen and oxygen atoms in total. The Hall–Kier alpha value is -3.20. The minimum absolute atomic E-state index is 0.152. The largest absolute Gasteiger partial charge is 0.333 e. The number of carbonyl (C=O) groups is 1. The van der Waals surface area contributed by atoms with E-state index in [4.69, 9.17) is 11.6 Å². The highest BCUT2D eigenvalue weighted by atomic mass is 35.5. The number of thiophene rings is 1. The van der Waals surface area contributed by atoms with E-state index < -0.39 is 0 Å². The van der Waals surface area contributed by atoms with Gasteiger partial charge in [-0.2, -0.15) is 5.26 Å². The lowest BCUT2D eigenvalue weighted by Gasteiger charge is -2.32. The molecule has 0 N–H and O–H groups in total. The predicted octanol–water partition coefficient (Wildman–Crippen LogP) is 8.70. The van der Waals surface area contributed by atoms with Gasteiger partial charge in [0.1, 0.15) is 10.7 Å². The third-order valence-corrected chi connectivity index (χ3v) is 9.03. The van der Waals surface area contributed by atoms with Crippen LogP contribution in [0, 0.1) is 29.0 Å². The zero-order valence-electron chi connectivity index (χ0n) is 20.7. The lowest BCUT2D eigenvalue weighted by Crippen LogP contribution is -2.36. The van der Waals surface area contributed by atoms with Gasteiger partial charge in [0, 0.05) is 28.7 Å². The molecule has 0 radical (unpaired) electrons. The molecule has 6 heteroatoms. The number of benzene rings is 3. The van der Waals surface area contributed by atoms with E-state index >= 15 is 4.39 Å². The van der Waals surface area contributed by atoms with Gasteiger partial charge in [0.05, 0.1) is 16.7 Å². The molecule has 0 atom stereocenters. The summed E-state index contributed by atoms with van der Waals surface area (Å²) >= 11 is 8.08. The molecule has 1 aliphatic carbocycles. The number of hydrogen-bond donors (Lipinski definition) is 0. The number of fused-ring (bicyclic) bond motifs is 1. The van der Waals surface area contributed by atoms with Crippen LogP contribution in [-0.4, -0.2) is 17.4 Å². The second-order valence-corrected chi connectivity index (χ2v) is 11.5. The highest BCUT2D eigenvalue weighted by molar-refractivity contribution is 7.21. The molecule has 188 valence electrons. The molecule has 5 rings (SSSR count). The summed E-state index contributed by atoms with van der Waals surface area (Å²) in [5.41, 5.74) is 2.65. The van der Waals surface area contributed by atoms with Crippen molar-refractivity contribution in [3.63, 3.8) is 0 Å². The minimum Gasteiger partial charge on any atom is -0.333 e. The second-order valence-electron chi connectivity index (χ2n) is 10.1. The summed E-state index contributed by atoms with van der Waals surface area (Å²) < 4.78 is 16.1. The van der Waals surface area contributed by atoms with Gasteiger partial charge in [0.2, 0.25) is 0 Å². The van der Waals surface area contributed by atoms with E-state index in [2.05, 4.69) is 13.0 Å². The van der Waals surface area contributed by atoms with E-state index in [9.17, 15) is 10.1 Å². The van der Waals surface area contributed by atoms with Gasteiger partial charge in [-0.15, -0.1) is 11.3 Å². The monoisotopic (exact) mass is 530 g/mol. The van der Waals surface area contributed by atoms with Crippen molar-refractivity contribution in [2.45, 2.75) is 39.2 Å². The molecule has 0 saturated heterocycles. The topological polar surface area (TPSA) is 44.1 Å². The predicted molar refractivity (Wildman–Crippen MR) is 149 cm³/mol. The van der Waals surface area contributed by atoms with Gasteiger partial charge in [-0.25, -0.2) is 4.39 Å². The van der Waals surface area contributed by atoms with Crippen molar-refractivity contribution < 1.29 is 9.18 Å². The van der Waals surface area contributed by atoms with Crippen LogP contribution in [0.1, 0.15) is 53.4 Å². The lowest BCUT2D eigenvalue weighted by atomic mass is 9.82. The first-order valence-electron chi connectivity index (χ1n) is 12.7. The van der Waals surface area contributed by atoms with Gasteiger partial charge >= 0.3 is 0 Å². The maximum atomic E-state index is 15.1. The van der Waals surface area contributed by atoms with Crippen molar-refractivity contribution in [1.29, 1.82) is 5.26 Å². The molecule has 0 unspecified atom stereocenters. The van der Waals surface area contributed by atoms with Crippen LogP contribution in [0.3, 0.4) is 0 Å². The highest BCUT2D eigenvalue weighted by Crippen LogP contribution is 2.37. The molecule has 37 heavy (non-hydrogen) atoms. The average molecular weight is 531 g/mol. The Labute approximate surface area is 226 Å². The SMILES string of the molecule is CC1CCC(CN(Cc2cc(-c3cccc(C#N)c3)ccc2F)C(=O)c2sc3ccccc3c2Cl)CC1. The van der Waals surface area contributed by atoms with Crippen molar-refractivity contribution in [3.05, 3.63) is 93.6 Å². The van der Waals surface area contributed by atoms with Crippen LogP contribution < -0.4 is 0 Å². The fraction of sp³-hybridized carbons (Fsp3) is 0.290. The first kappa shape index (κ1) is 25.4. The van der Waals surface area contributed by atoms with Crippen LogP contribution in [0.2, 0.25) is 5.02 Å². The van der Waals surface area contributed by atoms with Gasteiger partial charge in [0.15, 0.2) is 0 Å². The van der Waals surface area contributed by atoms with Crippen molar-refractivity contribution >= 4 is 38.9 Å². The molecule has 3 aromatic carbocycles. The van der Waals surface area contributed by atoms with Crippen LogP contribution in [0.4, 0.5) is 4.39 Å². The number of hydrogen-bond acceptors (Lipinski definition) is 3. The summed E-state index contributed by atoms with van der Waals surface area (Å²) in [6.45, 7) is 3.01. The number of nitriles is 1. The van der Waals surface area contributed by atoms with Crippen LogP contribution in [0.25, 0.3) is 21.2 Å². The second kappa shape index (κ2) is 11.0. The van der Waals surface area contributed by atoms with E-state index in [0.717, 1.165) is 46.9 Å². The summed E-state index contributed by atoms with van der Waals surface area (Å²) in [5, 5.41) is 10.6. The molecule has 1 saturated carbocycles. The third kappa shape index (κ3) is 5.56. The minimum atomic E-state index is -0.349. The maximum Gasteiger partial charge on any atom is 0.265 e. The molecule has 0 bridgehead atoms. The van der Waals surface area contributed by atoms with Crippen molar-refractivity contribution in [2.24, 2.45) is 11.8 Å². The number of rotatable bonds is 6. The summed E-state index contributed by atoms with van der Waals surface area (Å²) in [6, 6.07) is 22.1. The van der Waals surface area contributed by atoms with Crippen molar-refractivity contribution in [1.82, 2.24) is 4.90 Å². The Morgan fingerprint density at radius 2 is 1.81 bits per heavy atom. The number of carbonyl (C=O) groups excluding carboxylic acids is 1. The Balaban J connectivity index is 1.48. The molecule has 4 aromatic rings. The molecule has 0 aliphatic heterocycles. The fourth-order valence-corrected chi connectivity index (χ4v) is 6.67.